The summed E-state index contributed by atoms with van der Waals surface area (Å²) < 4.78 is 27.0. The van der Waals surface area contributed by atoms with Crippen molar-refractivity contribution in [3.05, 3.63) is 35.4 Å². The van der Waals surface area contributed by atoms with Crippen LogP contribution in [0.1, 0.15) is 43.6 Å². The smallest absolute Gasteiger partial charge is 0.224 e. The van der Waals surface area contributed by atoms with Crippen molar-refractivity contribution in [2.45, 2.75) is 43.6 Å². The number of hydrogen-bond acceptors (Lipinski definition) is 2. The van der Waals surface area contributed by atoms with Crippen LogP contribution >= 0.6 is 12.4 Å². The summed E-state index contributed by atoms with van der Waals surface area (Å²) in [5, 5.41) is 3.06. The molecule has 0 heterocycles. The molecular formula is C16H21ClF2N2O. The molecule has 6 heteroatoms. The van der Waals surface area contributed by atoms with E-state index < -0.39 is 11.6 Å². The minimum Gasteiger partial charge on any atom is -0.349 e. The average Bonchev–Trinajstić information content (AvgIpc) is 3.14. The van der Waals surface area contributed by atoms with E-state index in [1.54, 1.807) is 6.07 Å². The molecule has 22 heavy (non-hydrogen) atoms. The van der Waals surface area contributed by atoms with E-state index in [-0.39, 0.29) is 35.7 Å². The van der Waals surface area contributed by atoms with Gasteiger partial charge in [-0.1, -0.05) is 25.0 Å². The van der Waals surface area contributed by atoms with Crippen LogP contribution in [0.4, 0.5) is 8.78 Å². The molecule has 2 fully saturated rings. The van der Waals surface area contributed by atoms with Crippen molar-refractivity contribution in [1.29, 1.82) is 0 Å². The molecule has 0 radical (unpaired) electrons. The van der Waals surface area contributed by atoms with Gasteiger partial charge in [-0.3, -0.25) is 4.79 Å². The Kier molecular flexibility index (Phi) is 5.07. The van der Waals surface area contributed by atoms with Crippen molar-refractivity contribution in [2.75, 3.05) is 6.54 Å². The van der Waals surface area contributed by atoms with Gasteiger partial charge in [0.15, 0.2) is 11.6 Å². The average molecular weight is 331 g/mol. The van der Waals surface area contributed by atoms with E-state index in [0.29, 0.717) is 18.5 Å². The van der Waals surface area contributed by atoms with Gasteiger partial charge in [-0.15, -0.1) is 12.4 Å². The predicted octanol–water partition coefficient (Wildman–Crippen LogP) is 2.88. The second-order valence-corrected chi connectivity index (χ2v) is 6.27. The number of benzene rings is 1. The Hall–Kier alpha value is -1.20. The molecule has 2 unspecified atom stereocenters. The summed E-state index contributed by atoms with van der Waals surface area (Å²) in [6.45, 7) is 0.435. The van der Waals surface area contributed by atoms with Crippen LogP contribution < -0.4 is 11.1 Å². The van der Waals surface area contributed by atoms with Crippen LogP contribution in [0.25, 0.3) is 0 Å². The van der Waals surface area contributed by atoms with Gasteiger partial charge in [0.25, 0.3) is 0 Å². The van der Waals surface area contributed by atoms with E-state index >= 15 is 0 Å². The monoisotopic (exact) mass is 330 g/mol. The third-order valence-corrected chi connectivity index (χ3v) is 4.85. The van der Waals surface area contributed by atoms with Gasteiger partial charge in [0, 0.05) is 12.5 Å². The van der Waals surface area contributed by atoms with Crippen LogP contribution in [-0.2, 0) is 4.79 Å². The van der Waals surface area contributed by atoms with Gasteiger partial charge in [-0.25, -0.2) is 8.78 Å². The Morgan fingerprint density at radius 1 is 1.32 bits per heavy atom. The first-order valence-corrected chi connectivity index (χ1v) is 7.52. The minimum atomic E-state index is -0.854. The fraction of sp³-hybridized carbons (Fsp3) is 0.562. The van der Waals surface area contributed by atoms with Crippen LogP contribution in [0.5, 0.6) is 0 Å². The highest BCUT2D eigenvalue weighted by molar-refractivity contribution is 5.85. The van der Waals surface area contributed by atoms with E-state index in [1.807, 2.05) is 0 Å². The molecule has 3 rings (SSSR count). The molecule has 0 aliphatic heterocycles. The zero-order valence-corrected chi connectivity index (χ0v) is 13.1. The zero-order chi connectivity index (χ0) is 15.0. The number of halogens is 3. The Bertz CT molecular complexity index is 561. The molecule has 0 spiro atoms. The van der Waals surface area contributed by atoms with Gasteiger partial charge in [0.05, 0.1) is 5.54 Å². The number of rotatable bonds is 4. The summed E-state index contributed by atoms with van der Waals surface area (Å²) in [5.41, 5.74) is 5.82. The lowest BCUT2D eigenvalue weighted by Crippen LogP contribution is -2.52. The first-order valence-electron chi connectivity index (χ1n) is 7.52. The number of hydrogen-bond donors (Lipinski definition) is 2. The second kappa shape index (κ2) is 6.50. The summed E-state index contributed by atoms with van der Waals surface area (Å²) in [4.78, 5) is 12.3. The molecule has 0 saturated heterocycles. The number of nitrogens with two attached hydrogens (primary N) is 1. The largest absolute Gasteiger partial charge is 0.349 e. The lowest BCUT2D eigenvalue weighted by Gasteiger charge is -2.28. The van der Waals surface area contributed by atoms with Crippen LogP contribution in [-0.4, -0.2) is 18.0 Å². The number of carbonyl (C=O) groups is 1. The minimum absolute atomic E-state index is 0. The molecule has 2 aliphatic rings. The van der Waals surface area contributed by atoms with Crippen molar-refractivity contribution in [3.63, 3.8) is 0 Å². The van der Waals surface area contributed by atoms with E-state index in [1.165, 1.54) is 6.07 Å². The van der Waals surface area contributed by atoms with E-state index in [0.717, 1.165) is 31.7 Å². The molecule has 1 amide bonds. The van der Waals surface area contributed by atoms with Crippen molar-refractivity contribution >= 4 is 18.3 Å². The quantitative estimate of drug-likeness (QED) is 0.892. The fourth-order valence-electron chi connectivity index (χ4n) is 3.42. The van der Waals surface area contributed by atoms with Gasteiger partial charge in [0.2, 0.25) is 5.91 Å². The summed E-state index contributed by atoms with van der Waals surface area (Å²) in [6.07, 6.45) is 4.53. The molecule has 122 valence electrons. The van der Waals surface area contributed by atoms with Crippen molar-refractivity contribution in [3.8, 4) is 0 Å². The van der Waals surface area contributed by atoms with Crippen LogP contribution in [0.3, 0.4) is 0 Å². The Morgan fingerprint density at radius 2 is 2.00 bits per heavy atom. The fourth-order valence-corrected chi connectivity index (χ4v) is 3.42. The van der Waals surface area contributed by atoms with Crippen molar-refractivity contribution < 1.29 is 13.6 Å². The van der Waals surface area contributed by atoms with Crippen LogP contribution in [0.2, 0.25) is 0 Å². The van der Waals surface area contributed by atoms with Gasteiger partial charge < -0.3 is 11.1 Å². The SMILES string of the molecule is Cl.NCC1(NC(=O)C2CC2c2cccc(F)c2F)CCCC1. The summed E-state index contributed by atoms with van der Waals surface area (Å²) >= 11 is 0. The van der Waals surface area contributed by atoms with Gasteiger partial charge >= 0.3 is 0 Å². The Balaban J connectivity index is 0.00000176. The lowest BCUT2D eigenvalue weighted by molar-refractivity contribution is -0.124. The summed E-state index contributed by atoms with van der Waals surface area (Å²) in [7, 11) is 0. The van der Waals surface area contributed by atoms with Gasteiger partial charge in [-0.05, 0) is 36.8 Å². The highest BCUT2D eigenvalue weighted by atomic mass is 35.5. The first-order chi connectivity index (χ1) is 10.1. The summed E-state index contributed by atoms with van der Waals surface area (Å²) in [6, 6.07) is 4.14. The maximum atomic E-state index is 13.7. The van der Waals surface area contributed by atoms with Crippen LogP contribution in [0, 0.1) is 17.6 Å². The molecule has 3 N–H and O–H groups in total. The molecule has 0 bridgehead atoms. The molecule has 3 nitrogen and oxygen atoms in total. The standard InChI is InChI=1S/C16H20F2N2O.ClH/c17-13-5-3-4-10(14(13)18)11-8-12(11)15(21)20-16(9-19)6-1-2-7-16;/h3-5,11-12H,1-2,6-9,19H2,(H,20,21);1H. The first kappa shape index (κ1) is 17.2. The third-order valence-electron chi connectivity index (χ3n) is 4.85. The highest BCUT2D eigenvalue weighted by Crippen LogP contribution is 2.49. The molecular weight excluding hydrogens is 310 g/mol. The van der Waals surface area contributed by atoms with Crippen molar-refractivity contribution in [1.82, 2.24) is 5.32 Å². The third kappa shape index (κ3) is 3.10. The van der Waals surface area contributed by atoms with Gasteiger partial charge in [-0.2, -0.15) is 0 Å². The molecule has 2 aliphatic carbocycles. The molecule has 1 aromatic carbocycles. The molecule has 1 aromatic rings. The Labute approximate surface area is 135 Å². The second-order valence-electron chi connectivity index (χ2n) is 6.27. The molecule has 0 aromatic heterocycles. The highest BCUT2D eigenvalue weighted by Gasteiger charge is 2.47. The predicted molar refractivity (Wildman–Crippen MR) is 82.9 cm³/mol. The van der Waals surface area contributed by atoms with Gasteiger partial charge in [0.1, 0.15) is 0 Å². The number of carbonyl (C=O) groups excluding carboxylic acids is 1. The zero-order valence-electron chi connectivity index (χ0n) is 12.3. The van der Waals surface area contributed by atoms with E-state index in [9.17, 15) is 13.6 Å². The Morgan fingerprint density at radius 3 is 2.64 bits per heavy atom. The normalized spacial score (nSPS) is 25.4. The maximum absolute atomic E-state index is 13.7. The van der Waals surface area contributed by atoms with E-state index in [2.05, 4.69) is 5.32 Å². The summed E-state index contributed by atoms with van der Waals surface area (Å²) in [5.74, 6) is -2.22. The number of amides is 1. The molecule has 2 saturated carbocycles. The van der Waals surface area contributed by atoms with E-state index in [4.69, 9.17) is 5.73 Å². The van der Waals surface area contributed by atoms with Crippen LogP contribution in [0.15, 0.2) is 18.2 Å². The lowest BCUT2D eigenvalue weighted by atomic mass is 9.97. The maximum Gasteiger partial charge on any atom is 0.224 e. The topological polar surface area (TPSA) is 55.1 Å². The molecule has 2 atom stereocenters. The van der Waals surface area contributed by atoms with Crippen molar-refractivity contribution in [2.24, 2.45) is 11.7 Å². The number of nitrogens with one attached hydrogen (secondary N) is 1.